The summed E-state index contributed by atoms with van der Waals surface area (Å²) in [6.07, 6.45) is 7.05. The second-order valence-corrected chi connectivity index (χ2v) is 10.9. The molecule has 4 aromatic heterocycles. The third-order valence-electron chi connectivity index (χ3n) is 6.98. The summed E-state index contributed by atoms with van der Waals surface area (Å²) in [5.74, 6) is 0.661. The fourth-order valence-electron chi connectivity index (χ4n) is 5.02. The Morgan fingerprint density at radius 1 is 1.15 bits per heavy atom. The largest absolute Gasteiger partial charge is 0.365 e. The van der Waals surface area contributed by atoms with Crippen LogP contribution in [-0.2, 0) is 11.3 Å². The van der Waals surface area contributed by atoms with E-state index >= 15 is 0 Å². The van der Waals surface area contributed by atoms with Gasteiger partial charge in [-0.1, -0.05) is 36.4 Å². The van der Waals surface area contributed by atoms with Gasteiger partial charge < -0.3 is 14.9 Å². The van der Waals surface area contributed by atoms with E-state index in [9.17, 15) is 0 Å². The van der Waals surface area contributed by atoms with Gasteiger partial charge in [0.2, 0.25) is 0 Å². The van der Waals surface area contributed by atoms with Crippen LogP contribution in [0.25, 0.3) is 38.3 Å². The Morgan fingerprint density at radius 2 is 2.03 bits per heavy atom. The van der Waals surface area contributed by atoms with Crippen LogP contribution in [0.1, 0.15) is 36.7 Å². The zero-order valence-electron chi connectivity index (χ0n) is 22.2. The smallest absolute Gasteiger partial charge is 0.193 e. The average molecular weight is 538 g/mol. The normalized spacial score (nSPS) is 15.9. The van der Waals surface area contributed by atoms with Crippen molar-refractivity contribution in [2.24, 2.45) is 0 Å². The third kappa shape index (κ3) is 5.40. The Balaban J connectivity index is 1.41. The van der Waals surface area contributed by atoms with Gasteiger partial charge in [0.15, 0.2) is 20.0 Å². The number of fused-ring (bicyclic) bond motifs is 1. The van der Waals surface area contributed by atoms with Crippen molar-refractivity contribution >= 4 is 25.0 Å². The van der Waals surface area contributed by atoms with Crippen molar-refractivity contribution in [3.63, 3.8) is 0 Å². The Bertz CT molecular complexity index is 1560. The molecule has 1 saturated heterocycles. The van der Waals surface area contributed by atoms with Crippen LogP contribution in [0, 0.1) is 6.92 Å². The van der Waals surface area contributed by atoms with Crippen molar-refractivity contribution < 1.29 is 4.74 Å². The molecule has 0 spiro atoms. The zero-order chi connectivity index (χ0) is 26.8. The van der Waals surface area contributed by atoms with Gasteiger partial charge >= 0.3 is 0 Å². The molecule has 0 amide bonds. The molecule has 0 saturated carbocycles. The second-order valence-electron chi connectivity index (χ2n) is 9.94. The Hall–Kier alpha value is -3.38. The Labute approximate surface area is 233 Å². The highest BCUT2D eigenvalue weighted by atomic mass is 32.1. The zero-order valence-corrected chi connectivity index (χ0v) is 23.1. The first-order valence-electron chi connectivity index (χ1n) is 13.3. The molecule has 39 heavy (non-hydrogen) atoms. The molecule has 2 radical (unpaired) electrons. The summed E-state index contributed by atoms with van der Waals surface area (Å²) in [6.45, 7) is 5.19. The standard InChI is InChI=1S/C28H31BN8OS/c1-19-25(36-17-20(11-12-22(36)32-19)16-35(2)14-13-31-29)28-33-24(21-8-4-3-5-9-21)26(39-28)27-30-18-37(34-27)23-10-6-7-15-38-23/h3-5,8-9,11-12,17-18,23,31H,6-7,10,13-16H2,1-2H3. The number of aryl methyl sites for hydroxylation is 1. The highest BCUT2D eigenvalue weighted by Crippen LogP contribution is 2.40. The quantitative estimate of drug-likeness (QED) is 0.277. The molecule has 1 N–H and O–H groups in total. The molecule has 5 heterocycles. The van der Waals surface area contributed by atoms with Gasteiger partial charge in [0, 0.05) is 31.5 Å². The maximum Gasteiger partial charge on any atom is 0.193 e. The molecule has 0 aliphatic carbocycles. The fourth-order valence-corrected chi connectivity index (χ4v) is 6.14. The first-order valence-corrected chi connectivity index (χ1v) is 14.1. The summed E-state index contributed by atoms with van der Waals surface area (Å²) >= 11 is 1.60. The van der Waals surface area contributed by atoms with E-state index in [4.69, 9.17) is 32.8 Å². The highest BCUT2D eigenvalue weighted by Gasteiger charge is 2.24. The van der Waals surface area contributed by atoms with Crippen LogP contribution in [0.5, 0.6) is 0 Å². The van der Waals surface area contributed by atoms with Gasteiger partial charge in [-0.2, -0.15) is 0 Å². The summed E-state index contributed by atoms with van der Waals surface area (Å²) in [7, 11) is 7.55. The minimum Gasteiger partial charge on any atom is -0.365 e. The van der Waals surface area contributed by atoms with Gasteiger partial charge in [-0.3, -0.25) is 4.40 Å². The Kier molecular flexibility index (Phi) is 7.56. The number of thiazole rings is 1. The molecule has 1 unspecified atom stereocenters. The van der Waals surface area contributed by atoms with E-state index in [0.29, 0.717) is 5.82 Å². The molecule has 1 fully saturated rings. The van der Waals surface area contributed by atoms with Gasteiger partial charge in [0.25, 0.3) is 0 Å². The maximum atomic E-state index is 5.94. The summed E-state index contributed by atoms with van der Waals surface area (Å²) in [5.41, 5.74) is 5.91. The minimum absolute atomic E-state index is 0.0641. The number of nitrogens with one attached hydrogen (secondary N) is 1. The molecule has 1 aromatic carbocycles. The predicted octanol–water partition coefficient (Wildman–Crippen LogP) is 4.50. The second kappa shape index (κ2) is 11.4. The maximum absolute atomic E-state index is 5.94. The first kappa shape index (κ1) is 25.9. The summed E-state index contributed by atoms with van der Waals surface area (Å²) < 4.78 is 9.94. The molecule has 1 atom stereocenters. The van der Waals surface area contributed by atoms with Crippen LogP contribution < -0.4 is 5.23 Å². The van der Waals surface area contributed by atoms with Crippen LogP contribution in [0.2, 0.25) is 0 Å². The third-order valence-corrected chi connectivity index (χ3v) is 8.04. The summed E-state index contributed by atoms with van der Waals surface area (Å²) in [6, 6.07) is 14.4. The number of nitrogens with zero attached hydrogens (tertiary/aromatic N) is 7. The van der Waals surface area contributed by atoms with Crippen molar-refractivity contribution in [3.8, 4) is 32.7 Å². The molecule has 1 aliphatic heterocycles. The number of hydrogen-bond donors (Lipinski definition) is 1. The predicted molar refractivity (Wildman–Crippen MR) is 154 cm³/mol. The van der Waals surface area contributed by atoms with Crippen LogP contribution in [0.4, 0.5) is 0 Å². The van der Waals surface area contributed by atoms with Gasteiger partial charge in [0.1, 0.15) is 27.6 Å². The van der Waals surface area contributed by atoms with Crippen molar-refractivity contribution in [3.05, 3.63) is 66.2 Å². The number of pyridine rings is 1. The summed E-state index contributed by atoms with van der Waals surface area (Å²) in [5, 5.41) is 8.46. The molecule has 198 valence electrons. The monoisotopic (exact) mass is 538 g/mol. The molecule has 5 aromatic rings. The van der Waals surface area contributed by atoms with E-state index in [1.807, 2.05) is 29.8 Å². The number of aromatic nitrogens is 6. The minimum atomic E-state index is -0.0641. The lowest BCUT2D eigenvalue weighted by Crippen LogP contribution is -2.27. The van der Waals surface area contributed by atoms with Gasteiger partial charge in [-0.05, 0) is 51.4 Å². The van der Waals surface area contributed by atoms with Crippen molar-refractivity contribution in [1.82, 2.24) is 39.3 Å². The van der Waals surface area contributed by atoms with Gasteiger partial charge in [-0.25, -0.2) is 19.6 Å². The average Bonchev–Trinajstić information content (AvgIpc) is 3.69. The summed E-state index contributed by atoms with van der Waals surface area (Å²) in [4.78, 5) is 17.9. The molecule has 9 nitrogen and oxygen atoms in total. The van der Waals surface area contributed by atoms with Crippen LogP contribution >= 0.6 is 11.3 Å². The Morgan fingerprint density at radius 3 is 2.82 bits per heavy atom. The van der Waals surface area contributed by atoms with Crippen molar-refractivity contribution in [2.75, 3.05) is 26.7 Å². The molecule has 0 bridgehead atoms. The fraction of sp³-hybridized carbons (Fsp3) is 0.357. The van der Waals surface area contributed by atoms with E-state index < -0.39 is 0 Å². The number of ether oxygens (including phenoxy) is 1. The molecular formula is C28H31BN8OS. The molecule has 11 heteroatoms. The van der Waals surface area contributed by atoms with Crippen LogP contribution in [0.3, 0.4) is 0 Å². The number of benzene rings is 1. The van der Waals surface area contributed by atoms with Crippen LogP contribution in [-0.4, -0.2) is 68.8 Å². The van der Waals surface area contributed by atoms with E-state index in [1.165, 1.54) is 5.56 Å². The number of likely N-dealkylation sites (N-methyl/N-ethyl adjacent to an activating group) is 1. The molecular weight excluding hydrogens is 507 g/mol. The lowest BCUT2D eigenvalue weighted by Gasteiger charge is -2.21. The number of hydrogen-bond acceptors (Lipinski definition) is 8. The number of rotatable bonds is 9. The van der Waals surface area contributed by atoms with Gasteiger partial charge in [-0.15, -0.1) is 16.4 Å². The molecule has 1 aliphatic rings. The topological polar surface area (TPSA) is 85.4 Å². The van der Waals surface area contributed by atoms with E-state index in [2.05, 4.69) is 52.0 Å². The van der Waals surface area contributed by atoms with E-state index in [0.717, 1.165) is 83.7 Å². The SMILES string of the molecule is [B]NCCN(C)Cc1ccc2nc(C)c(-c3nc(-c4ccccc4)c(-c4ncn(C5CCCCO5)n4)s3)n2c1. The lowest BCUT2D eigenvalue weighted by molar-refractivity contribution is -0.0395. The van der Waals surface area contributed by atoms with Gasteiger partial charge in [0.05, 0.1) is 11.4 Å². The van der Waals surface area contributed by atoms with Crippen LogP contribution in [0.15, 0.2) is 55.0 Å². The van der Waals surface area contributed by atoms with Crippen molar-refractivity contribution in [2.45, 2.75) is 39.0 Å². The van der Waals surface area contributed by atoms with E-state index in [1.54, 1.807) is 17.7 Å². The molecule has 6 rings (SSSR count). The lowest BCUT2D eigenvalue weighted by atomic mass is 10.1. The van der Waals surface area contributed by atoms with Crippen molar-refractivity contribution in [1.29, 1.82) is 0 Å². The van der Waals surface area contributed by atoms with E-state index in [-0.39, 0.29) is 6.23 Å². The highest BCUT2D eigenvalue weighted by molar-refractivity contribution is 7.18. The number of imidazole rings is 1. The first-order chi connectivity index (χ1) is 19.1.